The molecule has 414 valence electrons. The van der Waals surface area contributed by atoms with Gasteiger partial charge in [-0.2, -0.15) is 0 Å². The lowest BCUT2D eigenvalue weighted by atomic mass is 10.0. The molecule has 0 bridgehead atoms. The molecular weight excluding hydrogens is 946 g/mol. The first kappa shape index (κ1) is 68.1. The minimum Gasteiger partial charge on any atom is -0.462 e. The molecule has 2 unspecified atom stereocenters. The van der Waals surface area contributed by atoms with Gasteiger partial charge in [0.25, 0.3) is 0 Å². The number of phosphoric ester groups is 2. The molecule has 17 nitrogen and oxygen atoms in total. The average Bonchev–Trinajstić information content (AvgIpc) is 3.33. The summed E-state index contributed by atoms with van der Waals surface area (Å²) in [5.41, 5.74) is 0. The minimum atomic E-state index is -4.92. The number of aliphatic hydroxyl groups is 1. The van der Waals surface area contributed by atoms with E-state index in [1.807, 2.05) is 6.92 Å². The third-order valence-corrected chi connectivity index (χ3v) is 13.5. The highest BCUT2D eigenvalue weighted by Gasteiger charge is 2.30. The summed E-state index contributed by atoms with van der Waals surface area (Å²) in [6, 6.07) is 0. The molecule has 0 fully saturated rings. The Kier molecular flexibility index (Phi) is 45.5. The third-order valence-electron chi connectivity index (χ3n) is 11.6. The van der Waals surface area contributed by atoms with Crippen LogP contribution in [0.15, 0.2) is 0 Å². The Balaban J connectivity index is 4.97. The number of carbonyl (C=O) groups excluding carboxylic acids is 4. The van der Waals surface area contributed by atoms with Gasteiger partial charge in [-0.1, -0.05) is 195 Å². The first-order chi connectivity index (χ1) is 33.7. The largest absolute Gasteiger partial charge is 0.472 e. The maximum absolute atomic E-state index is 12.8. The number of ether oxygens (including phenoxy) is 4. The van der Waals surface area contributed by atoms with Crippen LogP contribution in [0.25, 0.3) is 0 Å². The summed E-state index contributed by atoms with van der Waals surface area (Å²) >= 11 is 0. The summed E-state index contributed by atoms with van der Waals surface area (Å²) in [7, 11) is -9.83. The van der Waals surface area contributed by atoms with Gasteiger partial charge in [0.2, 0.25) is 0 Å². The van der Waals surface area contributed by atoms with Crippen LogP contribution in [0.2, 0.25) is 0 Å². The number of hydrogen-bond acceptors (Lipinski definition) is 15. The van der Waals surface area contributed by atoms with Crippen molar-refractivity contribution in [3.8, 4) is 0 Å². The second-order valence-electron chi connectivity index (χ2n) is 18.6. The first-order valence-corrected chi connectivity index (χ1v) is 30.3. The van der Waals surface area contributed by atoms with Gasteiger partial charge in [0.05, 0.1) is 26.4 Å². The standard InChI is InChI=1S/C51H98O17P2/c1-5-9-13-16-19-20-21-22-23-24-25-26-28-30-32-36-49(54)62-42-47(68-50(55)37-33-29-18-15-11-7-3)44-66-70(59,60)64-40-45(52)39-63-69(57,58)65-43-46(41-61-48(53)35-12-8-4)67-51(56)38-34-31-27-17-14-10-6-2/h45-47,52H,5-44H2,1-4H3,(H,57,58)(H,59,60)/t45-,46+,47+/m0/s1. The topological polar surface area (TPSA) is 237 Å². The fourth-order valence-electron chi connectivity index (χ4n) is 7.31. The number of esters is 4. The molecule has 0 radical (unpaired) electrons. The lowest BCUT2D eigenvalue weighted by Gasteiger charge is -2.21. The summed E-state index contributed by atoms with van der Waals surface area (Å²) in [5.74, 6) is -2.20. The molecule has 0 amide bonds. The van der Waals surface area contributed by atoms with Crippen molar-refractivity contribution in [1.82, 2.24) is 0 Å². The fourth-order valence-corrected chi connectivity index (χ4v) is 8.89. The Bertz CT molecular complexity index is 1390. The summed E-state index contributed by atoms with van der Waals surface area (Å²) in [4.78, 5) is 70.6. The van der Waals surface area contributed by atoms with Crippen molar-refractivity contribution in [3.63, 3.8) is 0 Å². The fraction of sp³-hybridized carbons (Fsp3) is 0.922. The quantitative estimate of drug-likeness (QED) is 0.0222. The van der Waals surface area contributed by atoms with Gasteiger partial charge in [0.1, 0.15) is 19.3 Å². The predicted octanol–water partition coefficient (Wildman–Crippen LogP) is 12.9. The van der Waals surface area contributed by atoms with Crippen LogP contribution in [-0.4, -0.2) is 96.7 Å². The zero-order valence-electron chi connectivity index (χ0n) is 44.0. The monoisotopic (exact) mass is 1040 g/mol. The van der Waals surface area contributed by atoms with E-state index in [4.69, 9.17) is 37.0 Å². The van der Waals surface area contributed by atoms with E-state index in [9.17, 15) is 43.2 Å². The maximum atomic E-state index is 12.8. The van der Waals surface area contributed by atoms with Gasteiger partial charge >= 0.3 is 39.5 Å². The molecule has 0 aliphatic carbocycles. The molecule has 5 atom stereocenters. The molecule has 0 saturated heterocycles. The van der Waals surface area contributed by atoms with Crippen LogP contribution in [0, 0.1) is 0 Å². The molecule has 70 heavy (non-hydrogen) atoms. The van der Waals surface area contributed by atoms with Crippen LogP contribution in [0.1, 0.15) is 246 Å². The van der Waals surface area contributed by atoms with E-state index in [2.05, 4.69) is 20.8 Å². The molecule has 0 aromatic rings. The van der Waals surface area contributed by atoms with Gasteiger partial charge in [-0.05, 0) is 25.7 Å². The van der Waals surface area contributed by atoms with Crippen LogP contribution in [0.4, 0.5) is 0 Å². The highest BCUT2D eigenvalue weighted by Crippen LogP contribution is 2.45. The summed E-state index contributed by atoms with van der Waals surface area (Å²) in [6.07, 6.45) is 28.2. The van der Waals surface area contributed by atoms with Gasteiger partial charge in [0, 0.05) is 25.7 Å². The molecule has 0 aliphatic heterocycles. The lowest BCUT2D eigenvalue weighted by Crippen LogP contribution is -2.30. The number of hydrogen-bond donors (Lipinski definition) is 3. The molecule has 0 spiro atoms. The van der Waals surface area contributed by atoms with Gasteiger partial charge in [-0.3, -0.25) is 37.3 Å². The first-order valence-electron chi connectivity index (χ1n) is 27.3. The van der Waals surface area contributed by atoms with Crippen molar-refractivity contribution >= 4 is 39.5 Å². The molecule has 0 saturated carbocycles. The Labute approximate surface area is 422 Å². The lowest BCUT2D eigenvalue weighted by molar-refractivity contribution is -0.161. The van der Waals surface area contributed by atoms with Crippen molar-refractivity contribution < 1.29 is 80.2 Å². The molecule has 0 aromatic heterocycles. The van der Waals surface area contributed by atoms with Crippen LogP contribution < -0.4 is 0 Å². The van der Waals surface area contributed by atoms with E-state index in [1.54, 1.807) is 0 Å². The molecule has 0 rings (SSSR count). The second-order valence-corrected chi connectivity index (χ2v) is 21.5. The van der Waals surface area contributed by atoms with Crippen molar-refractivity contribution in [3.05, 3.63) is 0 Å². The van der Waals surface area contributed by atoms with E-state index >= 15 is 0 Å². The van der Waals surface area contributed by atoms with E-state index in [1.165, 1.54) is 70.6 Å². The number of carbonyl (C=O) groups is 4. The highest BCUT2D eigenvalue weighted by molar-refractivity contribution is 7.47. The van der Waals surface area contributed by atoms with Crippen molar-refractivity contribution in [2.45, 2.75) is 264 Å². The number of phosphoric acid groups is 2. The van der Waals surface area contributed by atoms with Gasteiger partial charge in [0.15, 0.2) is 12.2 Å². The Hall–Kier alpha value is -1.94. The molecule has 0 aromatic carbocycles. The molecule has 0 aliphatic rings. The van der Waals surface area contributed by atoms with Crippen LogP contribution in [-0.2, 0) is 65.4 Å². The highest BCUT2D eigenvalue weighted by atomic mass is 31.2. The third kappa shape index (κ3) is 45.9. The Morgan fingerprint density at radius 1 is 0.343 bits per heavy atom. The zero-order chi connectivity index (χ0) is 52.0. The Morgan fingerprint density at radius 2 is 0.586 bits per heavy atom. The van der Waals surface area contributed by atoms with E-state index in [-0.39, 0.29) is 25.7 Å². The number of unbranched alkanes of at least 4 members (excludes halogenated alkanes) is 26. The molecule has 19 heteroatoms. The molecule has 0 heterocycles. The Morgan fingerprint density at radius 3 is 0.886 bits per heavy atom. The normalized spacial score (nSPS) is 14.6. The predicted molar refractivity (Wildman–Crippen MR) is 271 cm³/mol. The maximum Gasteiger partial charge on any atom is 0.472 e. The van der Waals surface area contributed by atoms with Gasteiger partial charge < -0.3 is 33.8 Å². The summed E-state index contributed by atoms with van der Waals surface area (Å²) in [5, 5.41) is 10.4. The van der Waals surface area contributed by atoms with E-state index in [0.29, 0.717) is 25.7 Å². The van der Waals surface area contributed by atoms with E-state index in [0.717, 1.165) is 96.3 Å². The average molecular weight is 1050 g/mol. The van der Waals surface area contributed by atoms with Gasteiger partial charge in [-0.15, -0.1) is 0 Å². The molecule has 3 N–H and O–H groups in total. The van der Waals surface area contributed by atoms with E-state index < -0.39 is 97.5 Å². The molecular formula is C51H98O17P2. The second kappa shape index (κ2) is 46.8. The summed E-state index contributed by atoms with van der Waals surface area (Å²) < 4.78 is 66.7. The van der Waals surface area contributed by atoms with Crippen molar-refractivity contribution in [2.24, 2.45) is 0 Å². The SMILES string of the molecule is CCCCCCCCCCCCCCCCCC(=O)OC[C@H](COP(=O)(O)OC[C@@H](O)COP(=O)(O)OC[C@@H](COC(=O)CCCC)OC(=O)CCCCCCCCC)OC(=O)CCCCCCCC. The number of rotatable bonds is 52. The smallest absolute Gasteiger partial charge is 0.462 e. The van der Waals surface area contributed by atoms with Crippen LogP contribution >= 0.6 is 15.6 Å². The van der Waals surface area contributed by atoms with Gasteiger partial charge in [-0.25, -0.2) is 9.13 Å². The van der Waals surface area contributed by atoms with Crippen LogP contribution in [0.3, 0.4) is 0 Å². The van der Waals surface area contributed by atoms with Crippen LogP contribution in [0.5, 0.6) is 0 Å². The number of aliphatic hydroxyl groups excluding tert-OH is 1. The summed E-state index contributed by atoms with van der Waals surface area (Å²) in [6.45, 7) is 4.43. The van der Waals surface area contributed by atoms with Crippen molar-refractivity contribution in [1.29, 1.82) is 0 Å². The van der Waals surface area contributed by atoms with Crippen molar-refractivity contribution in [2.75, 3.05) is 39.6 Å². The minimum absolute atomic E-state index is 0.101. The zero-order valence-corrected chi connectivity index (χ0v) is 45.8.